The van der Waals surface area contributed by atoms with Gasteiger partial charge in [0.05, 0.1) is 0 Å². The Bertz CT molecular complexity index is 249. The molecule has 2 fully saturated rings. The van der Waals surface area contributed by atoms with Crippen molar-refractivity contribution < 1.29 is 13.6 Å². The first kappa shape index (κ1) is 11.0. The van der Waals surface area contributed by atoms with Crippen LogP contribution < -0.4 is 5.32 Å². The van der Waals surface area contributed by atoms with Crippen LogP contribution in [0.3, 0.4) is 0 Å². The molecule has 2 rings (SSSR count). The summed E-state index contributed by atoms with van der Waals surface area (Å²) in [6, 6.07) is 0. The Hall–Kier alpha value is -0.510. The summed E-state index contributed by atoms with van der Waals surface area (Å²) in [5.74, 6) is -2.33. The van der Waals surface area contributed by atoms with Gasteiger partial charge in [-0.3, -0.25) is 4.79 Å². The van der Waals surface area contributed by atoms with E-state index < -0.39 is 5.92 Å². The molecule has 0 radical (unpaired) electrons. The monoisotopic (exact) mass is 217 g/mol. The molecule has 0 aromatic carbocycles. The zero-order valence-corrected chi connectivity index (χ0v) is 8.77. The van der Waals surface area contributed by atoms with Gasteiger partial charge in [0.15, 0.2) is 0 Å². The topological polar surface area (TPSA) is 29.1 Å². The summed E-state index contributed by atoms with van der Waals surface area (Å²) in [5, 5.41) is 3.13. The van der Waals surface area contributed by atoms with Crippen molar-refractivity contribution in [3.63, 3.8) is 0 Å². The highest BCUT2D eigenvalue weighted by Gasteiger charge is 2.40. The van der Waals surface area contributed by atoms with Crippen LogP contribution in [0.25, 0.3) is 0 Å². The Balaban J connectivity index is 1.79. The van der Waals surface area contributed by atoms with Crippen molar-refractivity contribution in [2.45, 2.75) is 38.0 Å². The molecule has 2 atom stereocenters. The molecule has 2 nitrogen and oxygen atoms in total. The molecule has 1 saturated carbocycles. The summed E-state index contributed by atoms with van der Waals surface area (Å²) in [6.45, 7) is 1.62. The number of ketones is 1. The summed E-state index contributed by atoms with van der Waals surface area (Å²) in [4.78, 5) is 11.7. The van der Waals surface area contributed by atoms with Gasteiger partial charge in [-0.05, 0) is 25.3 Å². The van der Waals surface area contributed by atoms with Crippen molar-refractivity contribution >= 4 is 5.78 Å². The Kier molecular flexibility index (Phi) is 3.05. The predicted octanol–water partition coefficient (Wildman–Crippen LogP) is 1.99. The van der Waals surface area contributed by atoms with Crippen molar-refractivity contribution in [2.24, 2.45) is 11.8 Å². The molecule has 1 N–H and O–H groups in total. The standard InChI is InChI=1S/C11H17F2NO/c12-11(13)3-1-8(6-11)5-10(15)9-2-4-14-7-9/h8-9,14H,1-7H2/t8?,9-/m1/s1. The SMILES string of the molecule is O=C(CC1CCC(F)(F)C1)[C@@H]1CCNC1. The molecule has 15 heavy (non-hydrogen) atoms. The largest absolute Gasteiger partial charge is 0.316 e. The number of nitrogens with one attached hydrogen (secondary N) is 1. The van der Waals surface area contributed by atoms with Crippen molar-refractivity contribution in [3.05, 3.63) is 0 Å². The van der Waals surface area contributed by atoms with Gasteiger partial charge in [-0.25, -0.2) is 8.78 Å². The third kappa shape index (κ3) is 2.74. The third-order valence-corrected chi connectivity index (χ3v) is 3.51. The molecule has 0 bridgehead atoms. The highest BCUT2D eigenvalue weighted by molar-refractivity contribution is 5.81. The third-order valence-electron chi connectivity index (χ3n) is 3.51. The fourth-order valence-corrected chi connectivity index (χ4v) is 2.60. The molecule has 2 aliphatic rings. The zero-order chi connectivity index (χ0) is 10.9. The first-order valence-corrected chi connectivity index (χ1v) is 5.68. The normalized spacial score (nSPS) is 34.5. The summed E-state index contributed by atoms with van der Waals surface area (Å²) < 4.78 is 25.8. The van der Waals surface area contributed by atoms with E-state index in [-0.39, 0.29) is 30.5 Å². The second kappa shape index (κ2) is 4.16. The van der Waals surface area contributed by atoms with Crippen LogP contribution in [0.5, 0.6) is 0 Å². The van der Waals surface area contributed by atoms with Crippen LogP contribution in [0.4, 0.5) is 8.78 Å². The smallest absolute Gasteiger partial charge is 0.248 e. The van der Waals surface area contributed by atoms with E-state index in [0.29, 0.717) is 12.8 Å². The highest BCUT2D eigenvalue weighted by Crippen LogP contribution is 2.40. The molecular formula is C11H17F2NO. The maximum atomic E-state index is 12.9. The summed E-state index contributed by atoms with van der Waals surface area (Å²) in [5.41, 5.74) is 0. The van der Waals surface area contributed by atoms with Crippen molar-refractivity contribution in [2.75, 3.05) is 13.1 Å². The fraction of sp³-hybridized carbons (Fsp3) is 0.909. The van der Waals surface area contributed by atoms with Crippen LogP contribution in [0.2, 0.25) is 0 Å². The fourth-order valence-electron chi connectivity index (χ4n) is 2.60. The van der Waals surface area contributed by atoms with Gasteiger partial charge in [-0.2, -0.15) is 0 Å². The van der Waals surface area contributed by atoms with Gasteiger partial charge in [0.2, 0.25) is 5.92 Å². The van der Waals surface area contributed by atoms with Gasteiger partial charge < -0.3 is 5.32 Å². The molecule has 0 amide bonds. The molecule has 0 aromatic heterocycles. The lowest BCUT2D eigenvalue weighted by Crippen LogP contribution is -2.20. The summed E-state index contributed by atoms with van der Waals surface area (Å²) in [7, 11) is 0. The Morgan fingerprint density at radius 2 is 2.20 bits per heavy atom. The quantitative estimate of drug-likeness (QED) is 0.783. The van der Waals surface area contributed by atoms with Crippen LogP contribution in [-0.2, 0) is 4.79 Å². The van der Waals surface area contributed by atoms with E-state index in [1.807, 2.05) is 0 Å². The number of carbonyl (C=O) groups is 1. The minimum atomic E-state index is -2.52. The van der Waals surface area contributed by atoms with Gasteiger partial charge in [0.1, 0.15) is 5.78 Å². The Labute approximate surface area is 88.4 Å². The maximum Gasteiger partial charge on any atom is 0.248 e. The van der Waals surface area contributed by atoms with E-state index in [2.05, 4.69) is 5.32 Å². The molecule has 1 heterocycles. The number of hydrogen-bond donors (Lipinski definition) is 1. The lowest BCUT2D eigenvalue weighted by atomic mass is 9.93. The van der Waals surface area contributed by atoms with Gasteiger partial charge >= 0.3 is 0 Å². The molecule has 86 valence electrons. The second-order valence-corrected chi connectivity index (χ2v) is 4.82. The maximum absolute atomic E-state index is 12.9. The number of alkyl halides is 2. The lowest BCUT2D eigenvalue weighted by Gasteiger charge is -2.12. The van der Waals surface area contributed by atoms with Gasteiger partial charge in [0, 0.05) is 31.7 Å². The first-order chi connectivity index (χ1) is 7.07. The molecule has 0 aromatic rings. The number of carbonyl (C=O) groups excluding carboxylic acids is 1. The Morgan fingerprint density at radius 1 is 1.40 bits per heavy atom. The average Bonchev–Trinajstić information content (AvgIpc) is 2.74. The van der Waals surface area contributed by atoms with Crippen LogP contribution >= 0.6 is 0 Å². The van der Waals surface area contributed by atoms with Gasteiger partial charge in [-0.15, -0.1) is 0 Å². The van der Waals surface area contributed by atoms with Crippen molar-refractivity contribution in [3.8, 4) is 0 Å². The summed E-state index contributed by atoms with van der Waals surface area (Å²) >= 11 is 0. The number of rotatable bonds is 3. The van der Waals surface area contributed by atoms with Gasteiger partial charge in [-0.1, -0.05) is 0 Å². The lowest BCUT2D eigenvalue weighted by molar-refractivity contribution is -0.123. The van der Waals surface area contributed by atoms with E-state index >= 15 is 0 Å². The van der Waals surface area contributed by atoms with E-state index in [4.69, 9.17) is 0 Å². The molecule has 1 aliphatic heterocycles. The molecule has 1 aliphatic carbocycles. The number of hydrogen-bond acceptors (Lipinski definition) is 2. The van der Waals surface area contributed by atoms with Crippen LogP contribution in [0, 0.1) is 11.8 Å². The zero-order valence-electron chi connectivity index (χ0n) is 8.77. The highest BCUT2D eigenvalue weighted by atomic mass is 19.3. The number of halogens is 2. The Morgan fingerprint density at radius 3 is 2.73 bits per heavy atom. The van der Waals surface area contributed by atoms with Crippen LogP contribution in [0.1, 0.15) is 32.1 Å². The van der Waals surface area contributed by atoms with Crippen LogP contribution in [0.15, 0.2) is 0 Å². The van der Waals surface area contributed by atoms with E-state index in [1.54, 1.807) is 0 Å². The number of Topliss-reactive ketones (excluding diaryl/α,β-unsaturated/α-hetero) is 1. The van der Waals surface area contributed by atoms with Crippen molar-refractivity contribution in [1.82, 2.24) is 5.32 Å². The minimum absolute atomic E-state index is 0.0339. The molecule has 1 saturated heterocycles. The average molecular weight is 217 g/mol. The second-order valence-electron chi connectivity index (χ2n) is 4.82. The minimum Gasteiger partial charge on any atom is -0.316 e. The van der Waals surface area contributed by atoms with Gasteiger partial charge in [0.25, 0.3) is 0 Å². The molecule has 4 heteroatoms. The van der Waals surface area contributed by atoms with E-state index in [1.165, 1.54) is 0 Å². The summed E-state index contributed by atoms with van der Waals surface area (Å²) in [6.07, 6.45) is 1.63. The molecule has 1 unspecified atom stereocenters. The van der Waals surface area contributed by atoms with Crippen molar-refractivity contribution in [1.29, 1.82) is 0 Å². The first-order valence-electron chi connectivity index (χ1n) is 5.68. The molecular weight excluding hydrogens is 200 g/mol. The predicted molar refractivity (Wildman–Crippen MR) is 52.9 cm³/mol. The van der Waals surface area contributed by atoms with E-state index in [9.17, 15) is 13.6 Å². The van der Waals surface area contributed by atoms with Crippen LogP contribution in [-0.4, -0.2) is 24.8 Å². The van der Waals surface area contributed by atoms with E-state index in [0.717, 1.165) is 19.5 Å². The molecule has 0 spiro atoms.